The molecule has 0 aliphatic rings. The second-order valence-electron chi connectivity index (χ2n) is 6.26. The highest BCUT2D eigenvalue weighted by atomic mass is 32.2. The molecule has 148 valence electrons. The minimum absolute atomic E-state index is 0.113. The molecule has 3 aromatic heterocycles. The van der Waals surface area contributed by atoms with Crippen LogP contribution in [0.4, 0.5) is 0 Å². The third-order valence-electron chi connectivity index (χ3n) is 4.21. The molecule has 0 aliphatic heterocycles. The van der Waals surface area contributed by atoms with Crippen molar-refractivity contribution in [2.24, 2.45) is 0 Å². The van der Waals surface area contributed by atoms with Crippen LogP contribution < -0.4 is 0 Å². The molecule has 0 aliphatic carbocycles. The summed E-state index contributed by atoms with van der Waals surface area (Å²) in [6.45, 7) is 4.13. The van der Waals surface area contributed by atoms with Gasteiger partial charge in [0, 0.05) is 48.1 Å². The number of aliphatic hydroxyl groups excluding tert-OH is 1. The number of aromatic nitrogens is 4. The van der Waals surface area contributed by atoms with Crippen molar-refractivity contribution in [3.63, 3.8) is 0 Å². The van der Waals surface area contributed by atoms with Crippen LogP contribution in [0, 0.1) is 6.92 Å². The summed E-state index contributed by atoms with van der Waals surface area (Å²) in [4.78, 5) is 8.69. The van der Waals surface area contributed by atoms with Gasteiger partial charge in [-0.25, -0.2) is 18.1 Å². The SMILES string of the molecule is CCn1ncc2c(-c3cncc(C)c3)c(/C=C/CO)c(S(=O)(=O)COC)nc21. The van der Waals surface area contributed by atoms with Gasteiger partial charge in [-0.15, -0.1) is 0 Å². The molecule has 28 heavy (non-hydrogen) atoms. The smallest absolute Gasteiger partial charge is 0.220 e. The number of aryl methyl sites for hydroxylation is 2. The highest BCUT2D eigenvalue weighted by Crippen LogP contribution is 2.36. The highest BCUT2D eigenvalue weighted by Gasteiger charge is 2.26. The average molecular weight is 402 g/mol. The van der Waals surface area contributed by atoms with Gasteiger partial charge < -0.3 is 9.84 Å². The van der Waals surface area contributed by atoms with Crippen molar-refractivity contribution in [1.82, 2.24) is 19.7 Å². The second-order valence-corrected chi connectivity index (χ2v) is 8.11. The molecule has 3 aromatic rings. The molecular formula is C19H22N4O4S. The van der Waals surface area contributed by atoms with Gasteiger partial charge >= 0.3 is 0 Å². The van der Waals surface area contributed by atoms with Crippen LogP contribution in [0.15, 0.2) is 35.8 Å². The fourth-order valence-electron chi connectivity index (χ4n) is 3.09. The molecule has 0 bridgehead atoms. The van der Waals surface area contributed by atoms with E-state index in [9.17, 15) is 13.5 Å². The first-order valence-corrected chi connectivity index (χ1v) is 10.4. The Morgan fingerprint density at radius 1 is 1.29 bits per heavy atom. The Morgan fingerprint density at radius 2 is 2.07 bits per heavy atom. The number of sulfone groups is 1. The number of nitrogens with zero attached hydrogens (tertiary/aromatic N) is 4. The molecule has 0 amide bonds. The maximum atomic E-state index is 12.9. The van der Waals surface area contributed by atoms with Crippen LogP contribution in [-0.4, -0.2) is 52.9 Å². The fourth-order valence-corrected chi connectivity index (χ4v) is 4.24. The lowest BCUT2D eigenvalue weighted by Gasteiger charge is -2.14. The summed E-state index contributed by atoms with van der Waals surface area (Å²) in [5.74, 6) is -0.503. The molecule has 0 fully saturated rings. The molecule has 3 rings (SSSR count). The molecular weight excluding hydrogens is 380 g/mol. The highest BCUT2D eigenvalue weighted by molar-refractivity contribution is 7.91. The Labute approximate surface area is 163 Å². The first kappa shape index (κ1) is 20.1. The van der Waals surface area contributed by atoms with Crippen LogP contribution in [0.5, 0.6) is 0 Å². The summed E-state index contributed by atoms with van der Waals surface area (Å²) in [5, 5.41) is 14.2. The lowest BCUT2D eigenvalue weighted by Crippen LogP contribution is -2.14. The molecule has 0 aromatic carbocycles. The maximum Gasteiger partial charge on any atom is 0.220 e. The van der Waals surface area contributed by atoms with Crippen molar-refractivity contribution >= 4 is 26.9 Å². The lowest BCUT2D eigenvalue weighted by atomic mass is 9.98. The topological polar surface area (TPSA) is 107 Å². The third-order valence-corrected chi connectivity index (χ3v) is 5.66. The third kappa shape index (κ3) is 3.68. The number of pyridine rings is 2. The minimum atomic E-state index is -3.83. The number of methoxy groups -OCH3 is 1. The van der Waals surface area contributed by atoms with Crippen molar-refractivity contribution in [3.05, 3.63) is 41.9 Å². The molecule has 1 N–H and O–H groups in total. The van der Waals surface area contributed by atoms with Gasteiger partial charge in [0.25, 0.3) is 0 Å². The van der Waals surface area contributed by atoms with Crippen LogP contribution in [-0.2, 0) is 21.1 Å². The van der Waals surface area contributed by atoms with Gasteiger partial charge in [0.05, 0.1) is 12.8 Å². The average Bonchev–Trinajstić information content (AvgIpc) is 3.07. The zero-order valence-electron chi connectivity index (χ0n) is 16.0. The van der Waals surface area contributed by atoms with Crippen LogP contribution in [0.25, 0.3) is 28.2 Å². The Morgan fingerprint density at radius 3 is 2.71 bits per heavy atom. The van der Waals surface area contributed by atoms with Crippen molar-refractivity contribution in [3.8, 4) is 11.1 Å². The normalized spacial score (nSPS) is 12.3. The van der Waals surface area contributed by atoms with E-state index in [0.29, 0.717) is 28.7 Å². The molecule has 0 spiro atoms. The summed E-state index contributed by atoms with van der Waals surface area (Å²) in [6.07, 6.45) is 8.12. The van der Waals surface area contributed by atoms with E-state index in [1.54, 1.807) is 29.3 Å². The van der Waals surface area contributed by atoms with Crippen LogP contribution >= 0.6 is 0 Å². The van der Waals surface area contributed by atoms with Gasteiger partial charge in [-0.1, -0.05) is 12.2 Å². The van der Waals surface area contributed by atoms with E-state index in [0.717, 1.165) is 11.1 Å². The van der Waals surface area contributed by atoms with Crippen LogP contribution in [0.3, 0.4) is 0 Å². The zero-order valence-corrected chi connectivity index (χ0v) is 16.8. The molecule has 9 heteroatoms. The van der Waals surface area contributed by atoms with Crippen molar-refractivity contribution in [1.29, 1.82) is 0 Å². The predicted octanol–water partition coefficient (Wildman–Crippen LogP) is 2.20. The first-order valence-electron chi connectivity index (χ1n) is 8.73. The summed E-state index contributed by atoms with van der Waals surface area (Å²) in [6, 6.07) is 1.92. The number of hydrogen-bond acceptors (Lipinski definition) is 7. The summed E-state index contributed by atoms with van der Waals surface area (Å²) in [5.41, 5.74) is 3.18. The second kappa shape index (κ2) is 8.17. The molecule has 8 nitrogen and oxygen atoms in total. The predicted molar refractivity (Wildman–Crippen MR) is 106 cm³/mol. The lowest BCUT2D eigenvalue weighted by molar-refractivity contribution is 0.249. The number of rotatable bonds is 7. The number of aliphatic hydroxyl groups is 1. The van der Waals surface area contributed by atoms with E-state index in [-0.39, 0.29) is 11.6 Å². The largest absolute Gasteiger partial charge is 0.392 e. The van der Waals surface area contributed by atoms with E-state index in [1.807, 2.05) is 19.9 Å². The van der Waals surface area contributed by atoms with Gasteiger partial charge in [0.2, 0.25) is 9.84 Å². The number of hydrogen-bond donors (Lipinski definition) is 1. The van der Waals surface area contributed by atoms with Gasteiger partial charge in [0.1, 0.15) is 0 Å². The van der Waals surface area contributed by atoms with Crippen molar-refractivity contribution < 1.29 is 18.3 Å². The summed E-state index contributed by atoms with van der Waals surface area (Å²) in [7, 11) is -2.51. The van der Waals surface area contributed by atoms with Crippen molar-refractivity contribution in [2.45, 2.75) is 25.4 Å². The zero-order chi connectivity index (χ0) is 20.3. The Kier molecular flexibility index (Phi) is 5.87. The van der Waals surface area contributed by atoms with E-state index < -0.39 is 15.8 Å². The summed E-state index contributed by atoms with van der Waals surface area (Å²) >= 11 is 0. The van der Waals surface area contributed by atoms with E-state index in [4.69, 9.17) is 4.74 Å². The first-order chi connectivity index (χ1) is 13.4. The molecule has 0 unspecified atom stereocenters. The number of fused-ring (bicyclic) bond motifs is 1. The van der Waals surface area contributed by atoms with Gasteiger partial charge in [0.15, 0.2) is 16.6 Å². The van der Waals surface area contributed by atoms with Gasteiger partial charge in [-0.3, -0.25) is 4.98 Å². The quantitative estimate of drug-likeness (QED) is 0.645. The summed E-state index contributed by atoms with van der Waals surface area (Å²) < 4.78 is 32.4. The maximum absolute atomic E-state index is 12.9. The van der Waals surface area contributed by atoms with Gasteiger partial charge in [-0.05, 0) is 25.5 Å². The molecule has 0 saturated carbocycles. The molecule has 0 radical (unpaired) electrons. The molecule has 0 atom stereocenters. The fraction of sp³-hybridized carbons (Fsp3) is 0.316. The van der Waals surface area contributed by atoms with E-state index >= 15 is 0 Å². The Bertz CT molecular complexity index is 1140. The molecule has 3 heterocycles. The minimum Gasteiger partial charge on any atom is -0.392 e. The van der Waals surface area contributed by atoms with Crippen LogP contribution in [0.1, 0.15) is 18.1 Å². The van der Waals surface area contributed by atoms with Crippen molar-refractivity contribution in [2.75, 3.05) is 19.7 Å². The monoisotopic (exact) mass is 402 g/mol. The Balaban J connectivity index is 2.50. The number of ether oxygens (including phenoxy) is 1. The van der Waals surface area contributed by atoms with Crippen LogP contribution in [0.2, 0.25) is 0 Å². The molecule has 0 saturated heterocycles. The Hall–Kier alpha value is -2.62. The van der Waals surface area contributed by atoms with E-state index in [1.165, 1.54) is 13.2 Å². The van der Waals surface area contributed by atoms with E-state index in [2.05, 4.69) is 15.1 Å². The van der Waals surface area contributed by atoms with Gasteiger partial charge in [-0.2, -0.15) is 5.10 Å². The standard InChI is InChI=1S/C19H22N4O4S/c1-4-23-18-16(11-21-23)17(14-8-13(2)9-20-10-14)15(6-5-7-24)19(22-18)28(25,26)12-27-3/h5-6,8-11,24H,4,7,12H2,1-3H3/b6-5+.